The van der Waals surface area contributed by atoms with Crippen LogP contribution in [-0.2, 0) is 4.79 Å². The number of halogens is 1. The third kappa shape index (κ3) is 3.36. The number of nitrogens with one attached hydrogen (secondary N) is 1. The maximum atomic E-state index is 13.1. The first-order chi connectivity index (χ1) is 13.8. The molecule has 2 aromatic heterocycles. The van der Waals surface area contributed by atoms with Crippen molar-refractivity contribution in [1.82, 2.24) is 15.0 Å². The van der Waals surface area contributed by atoms with E-state index in [1.807, 2.05) is 56.5 Å². The minimum atomic E-state index is -0.206. The van der Waals surface area contributed by atoms with Gasteiger partial charge in [0.1, 0.15) is 11.5 Å². The number of amides is 1. The molecule has 1 aromatic carbocycles. The molecule has 1 amide bonds. The van der Waals surface area contributed by atoms with Crippen molar-refractivity contribution in [1.29, 1.82) is 0 Å². The summed E-state index contributed by atoms with van der Waals surface area (Å²) in [5.41, 5.74) is 4.84. The van der Waals surface area contributed by atoms with E-state index in [0.717, 1.165) is 28.3 Å². The smallest absolute Gasteiger partial charge is 0.281 e. The third-order valence-electron chi connectivity index (χ3n) is 4.89. The van der Waals surface area contributed by atoms with Gasteiger partial charge in [0.2, 0.25) is 0 Å². The molecule has 29 heavy (non-hydrogen) atoms. The molecule has 0 spiro atoms. The van der Waals surface area contributed by atoms with Crippen LogP contribution in [0.1, 0.15) is 28.3 Å². The Morgan fingerprint density at radius 3 is 2.59 bits per heavy atom. The summed E-state index contributed by atoms with van der Waals surface area (Å²) in [7, 11) is 0. The van der Waals surface area contributed by atoms with E-state index in [9.17, 15) is 4.79 Å². The molecule has 148 valence electrons. The van der Waals surface area contributed by atoms with Gasteiger partial charge in [0.05, 0.1) is 5.69 Å². The van der Waals surface area contributed by atoms with Crippen LogP contribution in [0.2, 0.25) is 5.02 Å². The van der Waals surface area contributed by atoms with Crippen molar-refractivity contribution < 1.29 is 9.32 Å². The number of aryl methyl sites for hydroxylation is 3. The molecule has 3 heterocycles. The molecule has 0 radical (unpaired) electrons. The molecule has 1 N–H and O–H groups in total. The van der Waals surface area contributed by atoms with E-state index >= 15 is 0 Å². The highest BCUT2D eigenvalue weighted by Gasteiger charge is 2.33. The summed E-state index contributed by atoms with van der Waals surface area (Å²) in [5.74, 6) is 1.24. The van der Waals surface area contributed by atoms with E-state index in [2.05, 4.69) is 10.5 Å². The zero-order chi connectivity index (χ0) is 20.9. The number of nitrogens with zero attached hydrogens (tertiary/aromatic N) is 3. The van der Waals surface area contributed by atoms with Gasteiger partial charge in [0, 0.05) is 22.5 Å². The first-order valence-electron chi connectivity index (χ1n) is 9.02. The Labute approximate surface area is 178 Å². The lowest BCUT2D eigenvalue weighted by Gasteiger charge is -2.16. The standard InChI is InChI=1S/C21H19ClN4O2S/c1-11-7-16(22)5-6-18(11)26-20(27)17(23-21(26)29)10-15-8-12(2)25(14(15)4)19-9-13(3)28-24-19/h5-10H,1-4H3,(H,23,29)/b17-10-. The van der Waals surface area contributed by atoms with Crippen LogP contribution in [0.4, 0.5) is 5.69 Å². The molecule has 0 unspecified atom stereocenters. The van der Waals surface area contributed by atoms with Crippen molar-refractivity contribution in [3.8, 4) is 5.82 Å². The summed E-state index contributed by atoms with van der Waals surface area (Å²) in [6, 6.07) is 9.22. The Morgan fingerprint density at radius 1 is 1.17 bits per heavy atom. The summed E-state index contributed by atoms with van der Waals surface area (Å²) >= 11 is 11.5. The highest BCUT2D eigenvalue weighted by atomic mass is 35.5. The maximum absolute atomic E-state index is 13.1. The Balaban J connectivity index is 1.71. The molecule has 0 saturated carbocycles. The molecule has 0 bridgehead atoms. The lowest BCUT2D eigenvalue weighted by atomic mass is 10.1. The van der Waals surface area contributed by atoms with E-state index in [1.165, 1.54) is 4.90 Å². The van der Waals surface area contributed by atoms with E-state index in [-0.39, 0.29) is 5.91 Å². The topological polar surface area (TPSA) is 63.3 Å². The fourth-order valence-electron chi connectivity index (χ4n) is 3.52. The predicted molar refractivity (Wildman–Crippen MR) is 117 cm³/mol. The average Bonchev–Trinajstić information content (AvgIpc) is 3.27. The molecular weight excluding hydrogens is 408 g/mol. The summed E-state index contributed by atoms with van der Waals surface area (Å²) in [6.07, 6.45) is 1.81. The van der Waals surface area contributed by atoms with Crippen molar-refractivity contribution in [2.45, 2.75) is 27.7 Å². The van der Waals surface area contributed by atoms with Gasteiger partial charge in [-0.05, 0) is 81.4 Å². The van der Waals surface area contributed by atoms with Crippen LogP contribution in [0, 0.1) is 27.7 Å². The van der Waals surface area contributed by atoms with E-state index in [1.54, 1.807) is 12.1 Å². The van der Waals surface area contributed by atoms with Crippen LogP contribution in [-0.4, -0.2) is 20.7 Å². The number of rotatable bonds is 3. The normalized spacial score (nSPS) is 15.5. The van der Waals surface area contributed by atoms with Crippen LogP contribution in [0.5, 0.6) is 0 Å². The maximum Gasteiger partial charge on any atom is 0.281 e. The first kappa shape index (κ1) is 19.4. The molecule has 0 atom stereocenters. The third-order valence-corrected chi connectivity index (χ3v) is 5.41. The lowest BCUT2D eigenvalue weighted by molar-refractivity contribution is -0.113. The van der Waals surface area contributed by atoms with Crippen LogP contribution >= 0.6 is 23.8 Å². The van der Waals surface area contributed by atoms with Crippen LogP contribution in [0.25, 0.3) is 11.9 Å². The van der Waals surface area contributed by atoms with Gasteiger partial charge in [-0.1, -0.05) is 16.8 Å². The van der Waals surface area contributed by atoms with Crippen molar-refractivity contribution in [3.63, 3.8) is 0 Å². The lowest BCUT2D eigenvalue weighted by Crippen LogP contribution is -2.30. The molecule has 1 aliphatic heterocycles. The molecule has 1 fully saturated rings. The number of anilines is 1. The summed E-state index contributed by atoms with van der Waals surface area (Å²) in [5, 5.41) is 8.08. The molecule has 1 saturated heterocycles. The predicted octanol–water partition coefficient (Wildman–Crippen LogP) is 4.61. The summed E-state index contributed by atoms with van der Waals surface area (Å²) in [4.78, 5) is 14.6. The Kier molecular flexibility index (Phi) is 4.80. The number of carbonyl (C=O) groups excluding carboxylic acids is 1. The van der Waals surface area contributed by atoms with Crippen molar-refractivity contribution >= 4 is 46.6 Å². The molecule has 0 aliphatic carbocycles. The van der Waals surface area contributed by atoms with Gasteiger partial charge in [-0.3, -0.25) is 14.3 Å². The van der Waals surface area contributed by atoms with Gasteiger partial charge in [-0.15, -0.1) is 0 Å². The summed E-state index contributed by atoms with van der Waals surface area (Å²) in [6.45, 7) is 7.70. The molecule has 1 aliphatic rings. The molecule has 3 aromatic rings. The number of hydrogen-bond donors (Lipinski definition) is 1. The zero-order valence-corrected chi connectivity index (χ0v) is 18.0. The molecule has 6 nitrogen and oxygen atoms in total. The number of aromatic nitrogens is 2. The quantitative estimate of drug-likeness (QED) is 0.489. The first-order valence-corrected chi connectivity index (χ1v) is 9.81. The summed E-state index contributed by atoms with van der Waals surface area (Å²) < 4.78 is 7.19. The highest BCUT2D eigenvalue weighted by Crippen LogP contribution is 2.29. The van der Waals surface area contributed by atoms with Gasteiger partial charge in [0.25, 0.3) is 5.91 Å². The fourth-order valence-corrected chi connectivity index (χ4v) is 4.04. The SMILES string of the molecule is Cc1cc(-n2c(C)cc(/C=C3\NC(=S)N(c4ccc(Cl)cc4C)C3=O)c2C)no1. The van der Waals surface area contributed by atoms with E-state index in [0.29, 0.717) is 27.3 Å². The van der Waals surface area contributed by atoms with Crippen LogP contribution in [0.15, 0.2) is 40.6 Å². The van der Waals surface area contributed by atoms with Gasteiger partial charge >= 0.3 is 0 Å². The molecule has 8 heteroatoms. The van der Waals surface area contributed by atoms with Crippen molar-refractivity contribution in [2.75, 3.05) is 4.90 Å². The van der Waals surface area contributed by atoms with Crippen LogP contribution in [0.3, 0.4) is 0 Å². The number of carbonyl (C=O) groups is 1. The average molecular weight is 427 g/mol. The minimum Gasteiger partial charge on any atom is -0.360 e. The van der Waals surface area contributed by atoms with E-state index in [4.69, 9.17) is 28.3 Å². The zero-order valence-electron chi connectivity index (χ0n) is 16.4. The second-order valence-electron chi connectivity index (χ2n) is 7.02. The van der Waals surface area contributed by atoms with E-state index < -0.39 is 0 Å². The monoisotopic (exact) mass is 426 g/mol. The highest BCUT2D eigenvalue weighted by molar-refractivity contribution is 7.80. The largest absolute Gasteiger partial charge is 0.360 e. The number of hydrogen-bond acceptors (Lipinski definition) is 4. The van der Waals surface area contributed by atoms with Gasteiger partial charge in [-0.2, -0.15) is 0 Å². The second-order valence-corrected chi connectivity index (χ2v) is 7.84. The Morgan fingerprint density at radius 2 is 1.93 bits per heavy atom. The van der Waals surface area contributed by atoms with Crippen molar-refractivity contribution in [3.05, 3.63) is 69.3 Å². The van der Waals surface area contributed by atoms with Crippen LogP contribution < -0.4 is 10.2 Å². The number of thiocarbonyl (C=S) groups is 1. The minimum absolute atomic E-state index is 0.206. The Bertz CT molecular complexity index is 1190. The van der Waals surface area contributed by atoms with Gasteiger partial charge in [0.15, 0.2) is 10.9 Å². The van der Waals surface area contributed by atoms with Crippen molar-refractivity contribution in [2.24, 2.45) is 0 Å². The second kappa shape index (κ2) is 7.17. The Hall–Kier alpha value is -2.90. The fraction of sp³-hybridized carbons (Fsp3) is 0.190. The van der Waals surface area contributed by atoms with Gasteiger partial charge in [-0.25, -0.2) is 0 Å². The molecular formula is C21H19ClN4O2S. The van der Waals surface area contributed by atoms with Gasteiger partial charge < -0.3 is 9.84 Å². The molecule has 4 rings (SSSR count). The number of benzene rings is 1.